The number of hydrogen-bond acceptors (Lipinski definition) is 4. The van der Waals surface area contributed by atoms with Gasteiger partial charge in [-0.25, -0.2) is 0 Å². The Morgan fingerprint density at radius 3 is 2.53 bits per heavy atom. The zero-order chi connectivity index (χ0) is 12.5. The summed E-state index contributed by atoms with van der Waals surface area (Å²) in [7, 11) is 0. The number of hydrogen-bond donors (Lipinski definition) is 2. The van der Waals surface area contributed by atoms with Crippen molar-refractivity contribution in [3.8, 4) is 5.75 Å². The van der Waals surface area contributed by atoms with E-state index in [0.717, 1.165) is 11.3 Å². The lowest BCUT2D eigenvalue weighted by Gasteiger charge is -2.35. The summed E-state index contributed by atoms with van der Waals surface area (Å²) in [6, 6.07) is 5.65. The Balaban J connectivity index is 1.95. The van der Waals surface area contributed by atoms with Gasteiger partial charge in [0, 0.05) is 11.8 Å². The molecule has 0 aliphatic carbocycles. The lowest BCUT2D eigenvalue weighted by Crippen LogP contribution is -2.45. The van der Waals surface area contributed by atoms with Crippen molar-refractivity contribution in [3.63, 3.8) is 0 Å². The summed E-state index contributed by atoms with van der Waals surface area (Å²) in [6.07, 6.45) is 0. The standard InChI is InChI=1S/C13H19NO3/c1-9-4-5-10(6-12(9)15)14-11-7-16-13(2,3)17-8-11/h4-6,11,14-15H,7-8H2,1-3H3. The summed E-state index contributed by atoms with van der Waals surface area (Å²) in [4.78, 5) is 0. The van der Waals surface area contributed by atoms with E-state index in [1.807, 2.05) is 32.9 Å². The van der Waals surface area contributed by atoms with E-state index in [-0.39, 0.29) is 6.04 Å². The zero-order valence-corrected chi connectivity index (χ0v) is 10.5. The summed E-state index contributed by atoms with van der Waals surface area (Å²) in [5.74, 6) is -0.193. The monoisotopic (exact) mass is 237 g/mol. The number of phenols is 1. The first-order valence-electron chi connectivity index (χ1n) is 5.80. The summed E-state index contributed by atoms with van der Waals surface area (Å²) >= 11 is 0. The van der Waals surface area contributed by atoms with Crippen molar-refractivity contribution in [1.82, 2.24) is 0 Å². The van der Waals surface area contributed by atoms with Crippen LogP contribution in [0.15, 0.2) is 18.2 Å². The minimum atomic E-state index is -0.492. The van der Waals surface area contributed by atoms with Gasteiger partial charge < -0.3 is 19.9 Å². The Morgan fingerprint density at radius 2 is 1.94 bits per heavy atom. The summed E-state index contributed by atoms with van der Waals surface area (Å²) < 4.78 is 11.1. The van der Waals surface area contributed by atoms with Gasteiger partial charge in [-0.1, -0.05) is 6.07 Å². The average Bonchev–Trinajstić information content (AvgIpc) is 2.27. The molecule has 0 unspecified atom stereocenters. The fourth-order valence-corrected chi connectivity index (χ4v) is 1.71. The predicted octanol–water partition coefficient (Wildman–Crippen LogP) is 2.26. The van der Waals surface area contributed by atoms with Gasteiger partial charge in [0.1, 0.15) is 5.75 Å². The van der Waals surface area contributed by atoms with E-state index in [0.29, 0.717) is 19.0 Å². The van der Waals surface area contributed by atoms with E-state index in [4.69, 9.17) is 9.47 Å². The fourth-order valence-electron chi connectivity index (χ4n) is 1.71. The van der Waals surface area contributed by atoms with Crippen LogP contribution in [0.4, 0.5) is 5.69 Å². The van der Waals surface area contributed by atoms with Gasteiger partial charge in [-0.3, -0.25) is 0 Å². The minimum Gasteiger partial charge on any atom is -0.508 e. The normalized spacial score (nSPS) is 20.2. The SMILES string of the molecule is Cc1ccc(NC2COC(C)(C)OC2)cc1O. The number of aryl methyl sites for hydroxylation is 1. The van der Waals surface area contributed by atoms with Crippen molar-refractivity contribution in [3.05, 3.63) is 23.8 Å². The Labute approximate surface area is 102 Å². The van der Waals surface area contributed by atoms with Crippen molar-refractivity contribution in [2.24, 2.45) is 0 Å². The molecule has 2 rings (SSSR count). The van der Waals surface area contributed by atoms with Crippen LogP contribution in [0.1, 0.15) is 19.4 Å². The minimum absolute atomic E-state index is 0.116. The molecule has 0 spiro atoms. The molecule has 1 fully saturated rings. The molecular formula is C13H19NO3. The lowest BCUT2D eigenvalue weighted by molar-refractivity contribution is -0.247. The highest BCUT2D eigenvalue weighted by molar-refractivity contribution is 5.51. The Kier molecular flexibility index (Phi) is 3.26. The second-order valence-electron chi connectivity index (χ2n) is 4.86. The molecule has 4 heteroatoms. The molecule has 1 aromatic carbocycles. The van der Waals surface area contributed by atoms with Gasteiger partial charge in [0.25, 0.3) is 0 Å². The van der Waals surface area contributed by atoms with Crippen LogP contribution in [0.25, 0.3) is 0 Å². The molecule has 0 radical (unpaired) electrons. The largest absolute Gasteiger partial charge is 0.508 e. The van der Waals surface area contributed by atoms with E-state index in [2.05, 4.69) is 5.32 Å². The number of ether oxygens (including phenoxy) is 2. The van der Waals surface area contributed by atoms with Crippen LogP contribution in [0.3, 0.4) is 0 Å². The summed E-state index contributed by atoms with van der Waals surface area (Å²) in [5, 5.41) is 12.9. The van der Waals surface area contributed by atoms with Gasteiger partial charge in [-0.05, 0) is 32.4 Å². The van der Waals surface area contributed by atoms with E-state index < -0.39 is 5.79 Å². The molecular weight excluding hydrogens is 218 g/mol. The number of anilines is 1. The van der Waals surface area contributed by atoms with Gasteiger partial charge in [0.15, 0.2) is 5.79 Å². The van der Waals surface area contributed by atoms with E-state index >= 15 is 0 Å². The molecule has 4 nitrogen and oxygen atoms in total. The molecule has 0 saturated carbocycles. The highest BCUT2D eigenvalue weighted by Crippen LogP contribution is 2.23. The van der Waals surface area contributed by atoms with E-state index in [1.54, 1.807) is 6.07 Å². The number of benzene rings is 1. The quantitative estimate of drug-likeness (QED) is 0.828. The highest BCUT2D eigenvalue weighted by Gasteiger charge is 2.28. The second-order valence-corrected chi connectivity index (χ2v) is 4.86. The summed E-state index contributed by atoms with van der Waals surface area (Å²) in [5.41, 5.74) is 1.75. The maximum Gasteiger partial charge on any atom is 0.162 e. The Hall–Kier alpha value is -1.26. The smallest absolute Gasteiger partial charge is 0.162 e. The molecule has 1 aliphatic heterocycles. The third kappa shape index (κ3) is 3.11. The lowest BCUT2D eigenvalue weighted by atomic mass is 10.2. The van der Waals surface area contributed by atoms with E-state index in [9.17, 15) is 5.11 Å². The molecule has 94 valence electrons. The maximum atomic E-state index is 9.61. The first-order chi connectivity index (χ1) is 7.96. The molecule has 1 heterocycles. The fraction of sp³-hybridized carbons (Fsp3) is 0.538. The van der Waals surface area contributed by atoms with Gasteiger partial charge in [-0.2, -0.15) is 0 Å². The van der Waals surface area contributed by atoms with Gasteiger partial charge in [-0.15, -0.1) is 0 Å². The first kappa shape index (κ1) is 12.2. The molecule has 1 aromatic rings. The summed E-state index contributed by atoms with van der Waals surface area (Å²) in [6.45, 7) is 6.87. The zero-order valence-electron chi connectivity index (χ0n) is 10.5. The average molecular weight is 237 g/mol. The van der Waals surface area contributed by atoms with Crippen LogP contribution in [-0.4, -0.2) is 30.1 Å². The van der Waals surface area contributed by atoms with Crippen LogP contribution < -0.4 is 5.32 Å². The molecule has 0 aromatic heterocycles. The molecule has 1 saturated heterocycles. The highest BCUT2D eigenvalue weighted by atomic mass is 16.7. The van der Waals surface area contributed by atoms with Crippen molar-refractivity contribution in [1.29, 1.82) is 0 Å². The Bertz CT molecular complexity index is 394. The van der Waals surface area contributed by atoms with Gasteiger partial charge >= 0.3 is 0 Å². The third-order valence-electron chi connectivity index (χ3n) is 2.84. The topological polar surface area (TPSA) is 50.7 Å². The third-order valence-corrected chi connectivity index (χ3v) is 2.84. The van der Waals surface area contributed by atoms with Crippen LogP contribution in [-0.2, 0) is 9.47 Å². The number of aromatic hydroxyl groups is 1. The van der Waals surface area contributed by atoms with Crippen LogP contribution in [0.5, 0.6) is 5.75 Å². The molecule has 0 bridgehead atoms. The number of rotatable bonds is 2. The number of phenolic OH excluding ortho intramolecular Hbond substituents is 1. The van der Waals surface area contributed by atoms with Crippen LogP contribution in [0, 0.1) is 6.92 Å². The van der Waals surface area contributed by atoms with Crippen molar-refractivity contribution in [2.45, 2.75) is 32.6 Å². The maximum absolute atomic E-state index is 9.61. The van der Waals surface area contributed by atoms with Gasteiger partial charge in [0.2, 0.25) is 0 Å². The Morgan fingerprint density at radius 1 is 1.29 bits per heavy atom. The van der Waals surface area contributed by atoms with Crippen molar-refractivity contribution >= 4 is 5.69 Å². The van der Waals surface area contributed by atoms with Crippen LogP contribution in [0.2, 0.25) is 0 Å². The predicted molar refractivity (Wildman–Crippen MR) is 66.2 cm³/mol. The molecule has 17 heavy (non-hydrogen) atoms. The molecule has 0 amide bonds. The second kappa shape index (κ2) is 4.55. The molecule has 2 N–H and O–H groups in total. The van der Waals surface area contributed by atoms with Crippen LogP contribution >= 0.6 is 0 Å². The molecule has 1 aliphatic rings. The van der Waals surface area contributed by atoms with E-state index in [1.165, 1.54) is 0 Å². The van der Waals surface area contributed by atoms with Crippen molar-refractivity contribution in [2.75, 3.05) is 18.5 Å². The number of nitrogens with one attached hydrogen (secondary N) is 1. The first-order valence-corrected chi connectivity index (χ1v) is 5.80. The van der Waals surface area contributed by atoms with Crippen molar-refractivity contribution < 1.29 is 14.6 Å². The van der Waals surface area contributed by atoms with Gasteiger partial charge in [0.05, 0.1) is 19.3 Å². The molecule has 0 atom stereocenters.